The van der Waals surface area contributed by atoms with Crippen molar-refractivity contribution >= 4 is 5.69 Å². The van der Waals surface area contributed by atoms with E-state index in [-0.39, 0.29) is 5.75 Å². The number of rotatable bonds is 7. The monoisotopic (exact) mass is 264 g/mol. The first-order valence-electron chi connectivity index (χ1n) is 7.29. The van der Waals surface area contributed by atoms with Gasteiger partial charge in [0.15, 0.2) is 0 Å². The van der Waals surface area contributed by atoms with E-state index in [4.69, 9.17) is 5.73 Å². The molecular weight excluding hydrogens is 236 g/mol. The van der Waals surface area contributed by atoms with Gasteiger partial charge in [-0.05, 0) is 36.5 Å². The van der Waals surface area contributed by atoms with E-state index in [9.17, 15) is 5.11 Å². The van der Waals surface area contributed by atoms with Crippen molar-refractivity contribution in [3.05, 3.63) is 23.8 Å². The molecule has 0 unspecified atom stereocenters. The molecule has 1 aromatic carbocycles. The fourth-order valence-electron chi connectivity index (χ4n) is 2.55. The van der Waals surface area contributed by atoms with Crippen LogP contribution in [0.5, 0.6) is 5.75 Å². The van der Waals surface area contributed by atoms with Gasteiger partial charge in [0.1, 0.15) is 5.75 Å². The number of phenols is 1. The molecule has 0 heterocycles. The predicted octanol–water partition coefficient (Wildman–Crippen LogP) is 3.62. The van der Waals surface area contributed by atoms with E-state index < -0.39 is 0 Å². The van der Waals surface area contributed by atoms with Crippen LogP contribution in [0.3, 0.4) is 0 Å². The van der Waals surface area contributed by atoms with Crippen LogP contribution in [0.15, 0.2) is 18.2 Å². The fraction of sp³-hybridized carbons (Fsp3) is 0.625. The van der Waals surface area contributed by atoms with Crippen LogP contribution in [-0.2, 0) is 6.54 Å². The Morgan fingerprint density at radius 2 is 1.84 bits per heavy atom. The molecular formula is C16H28N2O. The van der Waals surface area contributed by atoms with Crippen molar-refractivity contribution in [2.24, 2.45) is 5.92 Å². The molecule has 3 N–H and O–H groups in total. The Kier molecular flexibility index (Phi) is 6.16. The number of nitrogen functional groups attached to an aromatic ring is 1. The van der Waals surface area contributed by atoms with Crippen molar-refractivity contribution in [2.45, 2.75) is 53.1 Å². The maximum absolute atomic E-state index is 9.49. The van der Waals surface area contributed by atoms with Crippen LogP contribution in [0.25, 0.3) is 0 Å². The van der Waals surface area contributed by atoms with Gasteiger partial charge < -0.3 is 10.8 Å². The molecule has 19 heavy (non-hydrogen) atoms. The summed E-state index contributed by atoms with van der Waals surface area (Å²) in [5, 5.41) is 9.49. The lowest BCUT2D eigenvalue weighted by atomic mass is 10.1. The molecule has 0 bridgehead atoms. The minimum Gasteiger partial charge on any atom is -0.506 e. The highest BCUT2D eigenvalue weighted by molar-refractivity contribution is 5.53. The first-order chi connectivity index (χ1) is 8.97. The van der Waals surface area contributed by atoms with Crippen LogP contribution in [0.2, 0.25) is 0 Å². The summed E-state index contributed by atoms with van der Waals surface area (Å²) in [4.78, 5) is 2.52. The van der Waals surface area contributed by atoms with Crippen LogP contribution < -0.4 is 5.73 Å². The lowest BCUT2D eigenvalue weighted by molar-refractivity contribution is 0.157. The lowest BCUT2D eigenvalue weighted by Crippen LogP contribution is -2.36. The maximum Gasteiger partial charge on any atom is 0.138 e. The third kappa shape index (κ3) is 4.75. The molecule has 0 aliphatic heterocycles. The maximum atomic E-state index is 9.49. The summed E-state index contributed by atoms with van der Waals surface area (Å²) >= 11 is 0. The second-order valence-electron chi connectivity index (χ2n) is 5.69. The summed E-state index contributed by atoms with van der Waals surface area (Å²) in [6.07, 6.45) is 2.33. The van der Waals surface area contributed by atoms with Gasteiger partial charge in [-0.3, -0.25) is 4.90 Å². The molecule has 0 aromatic heterocycles. The Balaban J connectivity index is 2.83. The highest BCUT2D eigenvalue weighted by Gasteiger charge is 2.16. The Bertz CT molecular complexity index is 386. The molecule has 0 spiro atoms. The first-order valence-corrected chi connectivity index (χ1v) is 7.29. The number of nitrogens with two attached hydrogens (primary N) is 1. The molecule has 0 radical (unpaired) electrons. The molecule has 0 saturated carbocycles. The van der Waals surface area contributed by atoms with Crippen molar-refractivity contribution in [3.63, 3.8) is 0 Å². The molecule has 108 valence electrons. The summed E-state index contributed by atoms with van der Waals surface area (Å²) in [5.41, 5.74) is 7.40. The summed E-state index contributed by atoms with van der Waals surface area (Å²) in [7, 11) is 0. The van der Waals surface area contributed by atoms with Gasteiger partial charge in [-0.1, -0.05) is 33.8 Å². The van der Waals surface area contributed by atoms with Crippen molar-refractivity contribution in [2.75, 3.05) is 12.3 Å². The van der Waals surface area contributed by atoms with Gasteiger partial charge in [-0.15, -0.1) is 0 Å². The standard InChI is InChI=1S/C16H28N2O/c1-5-14(6-2)18(10-12(3)4)11-13-7-8-16(19)15(17)9-13/h7-9,12,14,19H,5-6,10-11,17H2,1-4H3. The molecule has 3 nitrogen and oxygen atoms in total. The summed E-state index contributed by atoms with van der Waals surface area (Å²) < 4.78 is 0. The number of aromatic hydroxyl groups is 1. The zero-order valence-corrected chi connectivity index (χ0v) is 12.7. The number of phenolic OH excluding ortho intramolecular Hbond substituents is 1. The van der Waals surface area contributed by atoms with Gasteiger partial charge >= 0.3 is 0 Å². The molecule has 0 aliphatic carbocycles. The average Bonchev–Trinajstić information content (AvgIpc) is 2.34. The molecule has 3 heteroatoms. The molecule has 0 aliphatic rings. The molecule has 0 saturated heterocycles. The number of anilines is 1. The third-order valence-electron chi connectivity index (χ3n) is 3.54. The first kappa shape index (κ1) is 15.8. The number of hydrogen-bond donors (Lipinski definition) is 2. The predicted molar refractivity (Wildman–Crippen MR) is 82.1 cm³/mol. The Morgan fingerprint density at radius 1 is 1.21 bits per heavy atom. The highest BCUT2D eigenvalue weighted by atomic mass is 16.3. The Morgan fingerprint density at radius 3 is 2.32 bits per heavy atom. The van der Waals surface area contributed by atoms with Crippen LogP contribution >= 0.6 is 0 Å². The molecule has 0 fully saturated rings. The van der Waals surface area contributed by atoms with Gasteiger partial charge in [0.2, 0.25) is 0 Å². The van der Waals surface area contributed by atoms with Crippen LogP contribution in [-0.4, -0.2) is 22.6 Å². The fourth-order valence-corrected chi connectivity index (χ4v) is 2.55. The molecule has 1 aromatic rings. The number of benzene rings is 1. The highest BCUT2D eigenvalue weighted by Crippen LogP contribution is 2.23. The van der Waals surface area contributed by atoms with Crippen LogP contribution in [0.1, 0.15) is 46.1 Å². The second-order valence-corrected chi connectivity index (χ2v) is 5.69. The quantitative estimate of drug-likeness (QED) is 0.584. The minimum atomic E-state index is 0.168. The van der Waals surface area contributed by atoms with Gasteiger partial charge in [0, 0.05) is 19.1 Å². The third-order valence-corrected chi connectivity index (χ3v) is 3.54. The molecule has 0 amide bonds. The van der Waals surface area contributed by atoms with E-state index >= 15 is 0 Å². The van der Waals surface area contributed by atoms with Gasteiger partial charge in [-0.25, -0.2) is 0 Å². The largest absolute Gasteiger partial charge is 0.506 e. The summed E-state index contributed by atoms with van der Waals surface area (Å²) in [6, 6.07) is 6.13. The van der Waals surface area contributed by atoms with E-state index in [1.54, 1.807) is 6.07 Å². The van der Waals surface area contributed by atoms with Gasteiger partial charge in [0.25, 0.3) is 0 Å². The van der Waals surface area contributed by atoms with Crippen LogP contribution in [0.4, 0.5) is 5.69 Å². The van der Waals surface area contributed by atoms with Crippen molar-refractivity contribution in [3.8, 4) is 5.75 Å². The van der Waals surface area contributed by atoms with E-state index in [2.05, 4.69) is 32.6 Å². The Hall–Kier alpha value is -1.22. The molecule has 0 atom stereocenters. The summed E-state index contributed by atoms with van der Waals surface area (Å²) in [5.74, 6) is 0.816. The second kappa shape index (κ2) is 7.39. The van der Waals surface area contributed by atoms with Crippen molar-refractivity contribution < 1.29 is 5.11 Å². The normalized spacial score (nSPS) is 11.7. The summed E-state index contributed by atoms with van der Waals surface area (Å²) in [6.45, 7) is 11.0. The lowest BCUT2D eigenvalue weighted by Gasteiger charge is -2.32. The smallest absolute Gasteiger partial charge is 0.138 e. The van der Waals surface area contributed by atoms with E-state index in [1.165, 1.54) is 5.56 Å². The van der Waals surface area contributed by atoms with Gasteiger partial charge in [0.05, 0.1) is 5.69 Å². The van der Waals surface area contributed by atoms with E-state index in [1.807, 2.05) is 12.1 Å². The molecule has 1 rings (SSSR count). The number of hydrogen-bond acceptors (Lipinski definition) is 3. The Labute approximate surface area is 117 Å². The number of nitrogens with zero attached hydrogens (tertiary/aromatic N) is 1. The van der Waals surface area contributed by atoms with Gasteiger partial charge in [-0.2, -0.15) is 0 Å². The topological polar surface area (TPSA) is 49.5 Å². The zero-order chi connectivity index (χ0) is 14.4. The SMILES string of the molecule is CCC(CC)N(Cc1ccc(O)c(N)c1)CC(C)C. The van der Waals surface area contributed by atoms with Crippen molar-refractivity contribution in [1.29, 1.82) is 0 Å². The zero-order valence-electron chi connectivity index (χ0n) is 12.7. The minimum absolute atomic E-state index is 0.168. The van der Waals surface area contributed by atoms with Crippen LogP contribution in [0, 0.1) is 5.92 Å². The van der Waals surface area contributed by atoms with Crippen molar-refractivity contribution in [1.82, 2.24) is 4.90 Å². The van der Waals surface area contributed by atoms with E-state index in [0.29, 0.717) is 17.6 Å². The van der Waals surface area contributed by atoms with E-state index in [0.717, 1.165) is 25.9 Å². The average molecular weight is 264 g/mol.